The van der Waals surface area contributed by atoms with Gasteiger partial charge in [0.1, 0.15) is 0 Å². The van der Waals surface area contributed by atoms with Crippen LogP contribution in [0.25, 0.3) is 0 Å². The van der Waals surface area contributed by atoms with E-state index in [1.165, 1.54) is 24.1 Å². The van der Waals surface area contributed by atoms with E-state index in [0.29, 0.717) is 0 Å². The third kappa shape index (κ3) is 4.02. The molecular formula is C17H22N2. The van der Waals surface area contributed by atoms with Crippen molar-refractivity contribution in [2.45, 2.75) is 26.3 Å². The van der Waals surface area contributed by atoms with Crippen LogP contribution in [0.1, 0.15) is 25.3 Å². The zero-order valence-electron chi connectivity index (χ0n) is 11.5. The van der Waals surface area contributed by atoms with E-state index in [2.05, 4.69) is 54.3 Å². The summed E-state index contributed by atoms with van der Waals surface area (Å²) in [5.41, 5.74) is 9.14. The third-order valence-corrected chi connectivity index (χ3v) is 3.26. The molecule has 0 aliphatic heterocycles. The summed E-state index contributed by atoms with van der Waals surface area (Å²) in [6.07, 6.45) is 2.43. The van der Waals surface area contributed by atoms with Gasteiger partial charge in [0.25, 0.3) is 0 Å². The van der Waals surface area contributed by atoms with Crippen LogP contribution >= 0.6 is 0 Å². The van der Waals surface area contributed by atoms with Crippen molar-refractivity contribution >= 4 is 11.4 Å². The number of rotatable bonds is 6. The minimum Gasteiger partial charge on any atom is -0.399 e. The van der Waals surface area contributed by atoms with Crippen molar-refractivity contribution in [2.24, 2.45) is 0 Å². The number of hydrogen-bond donors (Lipinski definition) is 1. The van der Waals surface area contributed by atoms with Crippen molar-refractivity contribution in [3.05, 3.63) is 60.2 Å². The van der Waals surface area contributed by atoms with E-state index in [4.69, 9.17) is 5.73 Å². The van der Waals surface area contributed by atoms with E-state index in [1.54, 1.807) is 0 Å². The summed E-state index contributed by atoms with van der Waals surface area (Å²) in [5.74, 6) is 0. The Bertz CT molecular complexity index is 476. The molecular weight excluding hydrogens is 232 g/mol. The first kappa shape index (κ1) is 13.5. The molecule has 0 saturated carbocycles. The molecule has 0 aliphatic rings. The predicted molar refractivity (Wildman–Crippen MR) is 83.3 cm³/mol. The van der Waals surface area contributed by atoms with Gasteiger partial charge in [-0.05, 0) is 36.2 Å². The fourth-order valence-electron chi connectivity index (χ4n) is 2.13. The maximum Gasteiger partial charge on any atom is 0.0429 e. The average Bonchev–Trinajstić information content (AvgIpc) is 2.46. The molecule has 0 heterocycles. The van der Waals surface area contributed by atoms with E-state index in [1.807, 2.05) is 12.1 Å². The lowest BCUT2D eigenvalue weighted by Gasteiger charge is -2.25. The lowest BCUT2D eigenvalue weighted by Crippen LogP contribution is -2.23. The van der Waals surface area contributed by atoms with Crippen LogP contribution in [0.4, 0.5) is 11.4 Å². The summed E-state index contributed by atoms with van der Waals surface area (Å²) < 4.78 is 0. The molecule has 2 aromatic carbocycles. The Morgan fingerprint density at radius 3 is 2.26 bits per heavy atom. The van der Waals surface area contributed by atoms with Crippen LogP contribution in [0.3, 0.4) is 0 Å². The second-order valence-corrected chi connectivity index (χ2v) is 4.85. The Hall–Kier alpha value is -1.96. The monoisotopic (exact) mass is 254 g/mol. The number of para-hydroxylation sites is 1. The molecule has 0 bridgehead atoms. The molecule has 2 heteroatoms. The van der Waals surface area contributed by atoms with Gasteiger partial charge in [0.05, 0.1) is 0 Å². The highest BCUT2D eigenvalue weighted by Gasteiger charge is 2.06. The fraction of sp³-hybridized carbons (Fsp3) is 0.294. The number of unbranched alkanes of at least 4 members (excludes halogenated alkanes) is 1. The molecule has 0 unspecified atom stereocenters. The summed E-state index contributed by atoms with van der Waals surface area (Å²) in [6.45, 7) is 4.25. The second-order valence-electron chi connectivity index (χ2n) is 4.85. The number of nitrogens with zero attached hydrogens (tertiary/aromatic N) is 1. The van der Waals surface area contributed by atoms with Crippen molar-refractivity contribution < 1.29 is 0 Å². The van der Waals surface area contributed by atoms with Crippen molar-refractivity contribution in [3.8, 4) is 0 Å². The number of nitrogen functional groups attached to an aromatic ring is 1. The fourth-order valence-corrected chi connectivity index (χ4v) is 2.13. The van der Waals surface area contributed by atoms with Crippen LogP contribution in [-0.4, -0.2) is 6.54 Å². The lowest BCUT2D eigenvalue weighted by molar-refractivity contribution is 0.716. The maximum atomic E-state index is 5.74. The van der Waals surface area contributed by atoms with Crippen molar-refractivity contribution in [3.63, 3.8) is 0 Å². The Balaban J connectivity index is 2.11. The highest BCUT2D eigenvalue weighted by molar-refractivity contribution is 5.47. The highest BCUT2D eigenvalue weighted by atomic mass is 15.1. The Kier molecular flexibility index (Phi) is 4.85. The van der Waals surface area contributed by atoms with Crippen LogP contribution in [-0.2, 0) is 6.54 Å². The molecule has 0 atom stereocenters. The number of benzene rings is 2. The molecule has 0 fully saturated rings. The lowest BCUT2D eigenvalue weighted by atomic mass is 10.1. The first-order chi connectivity index (χ1) is 9.29. The van der Waals surface area contributed by atoms with Gasteiger partial charge in [-0.25, -0.2) is 0 Å². The van der Waals surface area contributed by atoms with Crippen LogP contribution in [0, 0.1) is 0 Å². The van der Waals surface area contributed by atoms with E-state index < -0.39 is 0 Å². The van der Waals surface area contributed by atoms with Gasteiger partial charge in [-0.2, -0.15) is 0 Å². The Labute approximate surface area is 115 Å². The van der Waals surface area contributed by atoms with Crippen LogP contribution in [0.15, 0.2) is 54.6 Å². The zero-order valence-corrected chi connectivity index (χ0v) is 11.5. The van der Waals surface area contributed by atoms with Crippen molar-refractivity contribution in [2.75, 3.05) is 17.2 Å². The maximum absolute atomic E-state index is 5.74. The largest absolute Gasteiger partial charge is 0.399 e. The molecule has 0 spiro atoms. The average molecular weight is 254 g/mol. The topological polar surface area (TPSA) is 29.3 Å². The van der Waals surface area contributed by atoms with Crippen LogP contribution < -0.4 is 10.6 Å². The molecule has 0 aliphatic carbocycles. The van der Waals surface area contributed by atoms with Gasteiger partial charge in [-0.3, -0.25) is 0 Å². The molecule has 0 radical (unpaired) electrons. The van der Waals surface area contributed by atoms with Gasteiger partial charge in [-0.15, -0.1) is 0 Å². The molecule has 0 aromatic heterocycles. The summed E-state index contributed by atoms with van der Waals surface area (Å²) in [6, 6.07) is 18.8. The van der Waals surface area contributed by atoms with Crippen molar-refractivity contribution in [1.82, 2.24) is 0 Å². The second kappa shape index (κ2) is 6.83. The highest BCUT2D eigenvalue weighted by Crippen LogP contribution is 2.18. The van der Waals surface area contributed by atoms with Gasteiger partial charge >= 0.3 is 0 Å². The normalized spacial score (nSPS) is 10.4. The van der Waals surface area contributed by atoms with Gasteiger partial charge in [-0.1, -0.05) is 43.7 Å². The number of anilines is 2. The first-order valence-corrected chi connectivity index (χ1v) is 6.94. The van der Waals surface area contributed by atoms with Gasteiger partial charge in [0.15, 0.2) is 0 Å². The molecule has 19 heavy (non-hydrogen) atoms. The van der Waals surface area contributed by atoms with E-state index in [-0.39, 0.29) is 0 Å². The molecule has 2 rings (SSSR count). The SMILES string of the molecule is CCCCN(Cc1ccc(N)cc1)c1ccccc1. The number of nitrogens with two attached hydrogens (primary N) is 1. The molecule has 100 valence electrons. The van der Waals surface area contributed by atoms with E-state index in [9.17, 15) is 0 Å². The summed E-state index contributed by atoms with van der Waals surface area (Å²) in [7, 11) is 0. The summed E-state index contributed by atoms with van der Waals surface area (Å²) in [5, 5.41) is 0. The molecule has 2 nitrogen and oxygen atoms in total. The minimum absolute atomic E-state index is 0.823. The first-order valence-electron chi connectivity index (χ1n) is 6.94. The van der Waals surface area contributed by atoms with Crippen LogP contribution in [0.5, 0.6) is 0 Å². The standard InChI is InChI=1S/C17H22N2/c1-2-3-13-19(17-7-5-4-6-8-17)14-15-9-11-16(18)12-10-15/h4-12H,2-3,13-14,18H2,1H3. The summed E-state index contributed by atoms with van der Waals surface area (Å²) >= 11 is 0. The third-order valence-electron chi connectivity index (χ3n) is 3.26. The smallest absolute Gasteiger partial charge is 0.0429 e. The van der Waals surface area contributed by atoms with Crippen molar-refractivity contribution in [1.29, 1.82) is 0 Å². The van der Waals surface area contributed by atoms with Gasteiger partial charge < -0.3 is 10.6 Å². The minimum atomic E-state index is 0.823. The van der Waals surface area contributed by atoms with Gasteiger partial charge in [0, 0.05) is 24.5 Å². The quantitative estimate of drug-likeness (QED) is 0.787. The van der Waals surface area contributed by atoms with E-state index >= 15 is 0 Å². The van der Waals surface area contributed by atoms with Gasteiger partial charge in [0.2, 0.25) is 0 Å². The predicted octanol–water partition coefficient (Wildman–Crippen LogP) is 4.08. The molecule has 2 aromatic rings. The number of hydrogen-bond acceptors (Lipinski definition) is 2. The van der Waals surface area contributed by atoms with E-state index in [0.717, 1.165) is 18.8 Å². The summed E-state index contributed by atoms with van der Waals surface area (Å²) in [4.78, 5) is 2.43. The molecule has 0 amide bonds. The molecule has 2 N–H and O–H groups in total. The van der Waals surface area contributed by atoms with Crippen LogP contribution in [0.2, 0.25) is 0 Å². The Morgan fingerprint density at radius 2 is 1.63 bits per heavy atom. The molecule has 0 saturated heterocycles. The Morgan fingerprint density at radius 1 is 0.947 bits per heavy atom. The zero-order chi connectivity index (χ0) is 13.5.